The van der Waals surface area contributed by atoms with Gasteiger partial charge in [-0.15, -0.1) is 0 Å². The molecule has 0 amide bonds. The average molecular weight is 380 g/mol. The first-order valence-electron chi connectivity index (χ1n) is 7.24. The van der Waals surface area contributed by atoms with Gasteiger partial charge in [-0.05, 0) is 29.8 Å². The highest BCUT2D eigenvalue weighted by molar-refractivity contribution is 8.14. The third kappa shape index (κ3) is 4.23. The number of hydrazone groups is 1. The Kier molecular flexibility index (Phi) is 5.66. The number of amidine groups is 1. The van der Waals surface area contributed by atoms with Crippen LogP contribution in [0, 0.1) is 0 Å². The van der Waals surface area contributed by atoms with Gasteiger partial charge in [0, 0.05) is 11.3 Å². The van der Waals surface area contributed by atoms with Gasteiger partial charge in [0.1, 0.15) is 5.75 Å². The standard InChI is InChI=1S/C17H15Cl2N3OS/c1-23-13-5-2-11(3-6-13)9-20-17-22-21-16(10-24-17)12-4-7-14(18)15(19)8-12/h2-8H,9-10H2,1H3,(H,20,22). The fraction of sp³-hybridized carbons (Fsp3) is 0.176. The Bertz CT molecular complexity index is 791. The van der Waals surface area contributed by atoms with Crippen molar-refractivity contribution >= 4 is 45.8 Å². The topological polar surface area (TPSA) is 46.0 Å². The maximum absolute atomic E-state index is 6.05. The van der Waals surface area contributed by atoms with Crippen LogP contribution < -0.4 is 10.2 Å². The van der Waals surface area contributed by atoms with Gasteiger partial charge in [-0.2, -0.15) is 5.10 Å². The number of methoxy groups -OCH3 is 1. The van der Waals surface area contributed by atoms with E-state index in [1.54, 1.807) is 24.9 Å². The maximum atomic E-state index is 6.05. The van der Waals surface area contributed by atoms with E-state index in [0.717, 1.165) is 33.5 Å². The molecule has 2 aromatic rings. The van der Waals surface area contributed by atoms with Crippen LogP contribution in [0.3, 0.4) is 0 Å². The predicted molar refractivity (Wildman–Crippen MR) is 103 cm³/mol. The van der Waals surface area contributed by atoms with Crippen molar-refractivity contribution in [1.82, 2.24) is 5.43 Å². The van der Waals surface area contributed by atoms with Crippen LogP contribution in [0.1, 0.15) is 11.1 Å². The Morgan fingerprint density at radius 2 is 1.96 bits per heavy atom. The van der Waals surface area contributed by atoms with Gasteiger partial charge in [0.15, 0.2) is 5.17 Å². The highest BCUT2D eigenvalue weighted by atomic mass is 35.5. The first-order chi connectivity index (χ1) is 11.7. The molecule has 0 spiro atoms. The number of hydrogen-bond acceptors (Lipinski definition) is 4. The van der Waals surface area contributed by atoms with Crippen LogP contribution in [-0.2, 0) is 6.54 Å². The zero-order chi connectivity index (χ0) is 16.9. The minimum absolute atomic E-state index is 0.529. The van der Waals surface area contributed by atoms with Gasteiger partial charge in [0.05, 0.1) is 29.4 Å². The molecular formula is C17H15Cl2N3OS. The molecule has 0 atom stereocenters. The van der Waals surface area contributed by atoms with Crippen molar-refractivity contribution in [3.8, 4) is 5.75 Å². The van der Waals surface area contributed by atoms with E-state index < -0.39 is 0 Å². The molecule has 4 nitrogen and oxygen atoms in total. The number of hydrogen-bond donors (Lipinski definition) is 1. The second-order valence-electron chi connectivity index (χ2n) is 5.06. The molecular weight excluding hydrogens is 365 g/mol. The van der Waals surface area contributed by atoms with Gasteiger partial charge >= 0.3 is 0 Å². The average Bonchev–Trinajstić information content (AvgIpc) is 2.63. The largest absolute Gasteiger partial charge is 0.497 e. The number of nitrogens with zero attached hydrogens (tertiary/aromatic N) is 2. The minimum atomic E-state index is 0.529. The SMILES string of the molecule is COc1ccc(CN=C2NN=C(c3ccc(Cl)c(Cl)c3)CS2)cc1. The molecule has 0 radical (unpaired) electrons. The Labute approximate surface area is 154 Å². The number of aliphatic imine (C=N–C) groups is 1. The van der Waals surface area contributed by atoms with Crippen LogP contribution >= 0.6 is 35.0 Å². The quantitative estimate of drug-likeness (QED) is 0.843. The van der Waals surface area contributed by atoms with Crippen LogP contribution in [0.2, 0.25) is 10.0 Å². The zero-order valence-corrected chi connectivity index (χ0v) is 15.3. The van der Waals surface area contributed by atoms with Gasteiger partial charge in [-0.3, -0.25) is 10.4 Å². The van der Waals surface area contributed by atoms with Gasteiger partial charge in [0.2, 0.25) is 0 Å². The summed E-state index contributed by atoms with van der Waals surface area (Å²) >= 11 is 13.6. The van der Waals surface area contributed by atoms with Gasteiger partial charge < -0.3 is 4.74 Å². The van der Waals surface area contributed by atoms with Crippen molar-refractivity contribution in [3.63, 3.8) is 0 Å². The lowest BCUT2D eigenvalue weighted by atomic mass is 10.1. The number of rotatable bonds is 4. The molecule has 1 aliphatic heterocycles. The minimum Gasteiger partial charge on any atom is -0.497 e. The fourth-order valence-electron chi connectivity index (χ4n) is 2.12. The van der Waals surface area contributed by atoms with E-state index >= 15 is 0 Å². The molecule has 0 saturated heterocycles. The van der Waals surface area contributed by atoms with Crippen molar-refractivity contribution in [2.75, 3.05) is 12.9 Å². The highest BCUT2D eigenvalue weighted by Crippen LogP contribution is 2.24. The second kappa shape index (κ2) is 7.92. The number of halogens is 2. The monoisotopic (exact) mass is 379 g/mol. The number of ether oxygens (including phenoxy) is 1. The molecule has 1 aliphatic rings. The van der Waals surface area contributed by atoms with E-state index in [1.165, 1.54) is 0 Å². The lowest BCUT2D eigenvalue weighted by Crippen LogP contribution is -2.25. The van der Waals surface area contributed by atoms with Crippen molar-refractivity contribution in [3.05, 3.63) is 63.6 Å². The van der Waals surface area contributed by atoms with Crippen molar-refractivity contribution in [1.29, 1.82) is 0 Å². The Hall–Kier alpha value is -1.69. The molecule has 7 heteroatoms. The molecule has 0 saturated carbocycles. The van der Waals surface area contributed by atoms with Crippen LogP contribution in [0.15, 0.2) is 52.6 Å². The van der Waals surface area contributed by atoms with E-state index in [2.05, 4.69) is 15.5 Å². The van der Waals surface area contributed by atoms with Crippen LogP contribution in [0.25, 0.3) is 0 Å². The summed E-state index contributed by atoms with van der Waals surface area (Å²) in [5, 5.41) is 6.25. The van der Waals surface area contributed by atoms with E-state index in [4.69, 9.17) is 27.9 Å². The summed E-state index contributed by atoms with van der Waals surface area (Å²) < 4.78 is 5.15. The van der Waals surface area contributed by atoms with Crippen molar-refractivity contribution in [2.45, 2.75) is 6.54 Å². The summed E-state index contributed by atoms with van der Waals surface area (Å²) in [6.45, 7) is 0.594. The summed E-state index contributed by atoms with van der Waals surface area (Å²) in [5.74, 6) is 1.57. The molecule has 0 fully saturated rings. The van der Waals surface area contributed by atoms with E-state index in [9.17, 15) is 0 Å². The lowest BCUT2D eigenvalue weighted by Gasteiger charge is -2.15. The molecule has 24 heavy (non-hydrogen) atoms. The van der Waals surface area contributed by atoms with Crippen LogP contribution in [-0.4, -0.2) is 23.7 Å². The van der Waals surface area contributed by atoms with Crippen LogP contribution in [0.5, 0.6) is 5.75 Å². The molecule has 0 bridgehead atoms. The van der Waals surface area contributed by atoms with Crippen molar-refractivity contribution < 1.29 is 4.74 Å². The Morgan fingerprint density at radius 1 is 1.17 bits per heavy atom. The van der Waals surface area contributed by atoms with E-state index in [-0.39, 0.29) is 0 Å². The van der Waals surface area contributed by atoms with E-state index in [1.807, 2.05) is 36.4 Å². The maximum Gasteiger partial charge on any atom is 0.177 e. The normalized spacial score (nSPS) is 15.8. The summed E-state index contributed by atoms with van der Waals surface area (Å²) in [6.07, 6.45) is 0. The molecule has 0 unspecified atom stereocenters. The molecule has 124 valence electrons. The first kappa shape index (κ1) is 17.1. The summed E-state index contributed by atoms with van der Waals surface area (Å²) in [4.78, 5) is 4.54. The second-order valence-corrected chi connectivity index (χ2v) is 6.84. The van der Waals surface area contributed by atoms with Crippen molar-refractivity contribution in [2.24, 2.45) is 10.1 Å². The third-order valence-electron chi connectivity index (χ3n) is 3.45. The Morgan fingerprint density at radius 3 is 2.58 bits per heavy atom. The molecule has 1 N–H and O–H groups in total. The first-order valence-corrected chi connectivity index (χ1v) is 8.98. The molecule has 2 aromatic carbocycles. The zero-order valence-electron chi connectivity index (χ0n) is 12.9. The van der Waals surface area contributed by atoms with Gasteiger partial charge in [-0.25, -0.2) is 0 Å². The molecule has 3 rings (SSSR count). The highest BCUT2D eigenvalue weighted by Gasteiger charge is 2.14. The Balaban J connectivity index is 1.64. The van der Waals surface area contributed by atoms with E-state index in [0.29, 0.717) is 16.6 Å². The summed E-state index contributed by atoms with van der Waals surface area (Å²) in [6, 6.07) is 13.4. The third-order valence-corrected chi connectivity index (χ3v) is 5.10. The number of thioether (sulfide) groups is 1. The lowest BCUT2D eigenvalue weighted by molar-refractivity contribution is 0.414. The molecule has 1 heterocycles. The van der Waals surface area contributed by atoms with Gasteiger partial charge in [-0.1, -0.05) is 53.2 Å². The smallest absolute Gasteiger partial charge is 0.177 e. The van der Waals surface area contributed by atoms with Gasteiger partial charge in [0.25, 0.3) is 0 Å². The van der Waals surface area contributed by atoms with Crippen LogP contribution in [0.4, 0.5) is 0 Å². The predicted octanol–water partition coefficient (Wildman–Crippen LogP) is 4.60. The molecule has 0 aliphatic carbocycles. The fourth-order valence-corrected chi connectivity index (χ4v) is 3.18. The summed E-state index contributed by atoms with van der Waals surface area (Å²) in [5.41, 5.74) is 5.99. The number of benzene rings is 2. The summed E-state index contributed by atoms with van der Waals surface area (Å²) in [7, 11) is 1.65. The molecule has 0 aromatic heterocycles. The number of nitrogens with one attached hydrogen (secondary N) is 1.